The molecular weight excluding hydrogens is 487 g/mol. The average Bonchev–Trinajstić information content (AvgIpc) is 3.43. The van der Waals surface area contributed by atoms with Crippen LogP contribution in [0.3, 0.4) is 0 Å². The van der Waals surface area contributed by atoms with Crippen LogP contribution in [-0.4, -0.2) is 23.4 Å². The number of hydrogen-bond donors (Lipinski definition) is 1. The van der Waals surface area contributed by atoms with Crippen LogP contribution in [-0.2, 0) is 4.79 Å². The normalized spacial score (nSPS) is 13.8. The first-order valence-electron chi connectivity index (χ1n) is 9.42. The Morgan fingerprint density at radius 1 is 1.12 bits per heavy atom. The van der Waals surface area contributed by atoms with E-state index in [2.05, 4.69) is 10.4 Å². The van der Waals surface area contributed by atoms with Crippen molar-refractivity contribution in [3.8, 4) is 17.0 Å². The van der Waals surface area contributed by atoms with Gasteiger partial charge in [-0.1, -0.05) is 29.3 Å². The molecule has 0 aliphatic carbocycles. The van der Waals surface area contributed by atoms with E-state index in [4.69, 9.17) is 32.9 Å². The Labute approximate surface area is 201 Å². The van der Waals surface area contributed by atoms with Crippen LogP contribution in [0.25, 0.3) is 11.3 Å². The summed E-state index contributed by atoms with van der Waals surface area (Å²) in [6, 6.07) is 14.7. The molecule has 0 saturated carbocycles. The summed E-state index contributed by atoms with van der Waals surface area (Å²) in [6.45, 7) is 0.0147. The second-order valence-corrected chi connectivity index (χ2v) is 9.39. The number of hydrogen-bond acceptors (Lipinski definition) is 6. The summed E-state index contributed by atoms with van der Waals surface area (Å²) in [5.74, 6) is 0.451. The van der Waals surface area contributed by atoms with Crippen molar-refractivity contribution in [3.05, 3.63) is 79.0 Å². The van der Waals surface area contributed by atoms with Gasteiger partial charge in [-0.25, -0.2) is 9.67 Å². The third-order valence-corrected chi connectivity index (χ3v) is 6.72. The molecule has 0 spiro atoms. The molecule has 1 aliphatic heterocycles. The van der Waals surface area contributed by atoms with E-state index >= 15 is 0 Å². The molecule has 2 aromatic carbocycles. The topological polar surface area (TPSA) is 68.0 Å². The molecule has 0 bridgehead atoms. The van der Waals surface area contributed by atoms with Gasteiger partial charge >= 0.3 is 0 Å². The largest absolute Gasteiger partial charge is 0.482 e. The number of halogens is 2. The maximum Gasteiger partial charge on any atom is 0.262 e. The minimum Gasteiger partial charge on any atom is -0.482 e. The lowest BCUT2D eigenvalue weighted by Gasteiger charge is -2.18. The number of rotatable bonds is 4. The predicted octanol–water partition coefficient (Wildman–Crippen LogP) is 6.03. The molecule has 10 heteroatoms. The van der Waals surface area contributed by atoms with Gasteiger partial charge in [0.1, 0.15) is 5.75 Å². The first kappa shape index (κ1) is 21.0. The SMILES string of the molecule is O=C1COc2ccc(-c3csc(=Nc4ccc(Cl)cc4Cl)n3N=Cc3cccs3)cc2N1. The minimum atomic E-state index is -0.184. The van der Waals surface area contributed by atoms with E-state index in [1.165, 1.54) is 11.3 Å². The Bertz CT molecular complexity index is 1410. The molecule has 0 saturated heterocycles. The van der Waals surface area contributed by atoms with Crippen LogP contribution in [0.1, 0.15) is 4.88 Å². The number of amides is 1. The van der Waals surface area contributed by atoms with Crippen LogP contribution in [0.2, 0.25) is 10.0 Å². The number of carbonyl (C=O) groups is 1. The van der Waals surface area contributed by atoms with E-state index in [1.807, 2.05) is 41.1 Å². The Morgan fingerprint density at radius 3 is 2.84 bits per heavy atom. The number of anilines is 1. The highest BCUT2D eigenvalue weighted by atomic mass is 35.5. The zero-order valence-electron chi connectivity index (χ0n) is 16.3. The van der Waals surface area contributed by atoms with Crippen LogP contribution >= 0.6 is 45.9 Å². The van der Waals surface area contributed by atoms with Gasteiger partial charge < -0.3 is 10.1 Å². The number of benzene rings is 2. The molecule has 0 atom stereocenters. The van der Waals surface area contributed by atoms with Crippen LogP contribution in [0, 0.1) is 0 Å². The molecule has 160 valence electrons. The van der Waals surface area contributed by atoms with E-state index in [0.29, 0.717) is 32.0 Å². The molecule has 6 nitrogen and oxygen atoms in total. The van der Waals surface area contributed by atoms with Gasteiger partial charge in [-0.2, -0.15) is 5.10 Å². The van der Waals surface area contributed by atoms with Gasteiger partial charge in [0.05, 0.1) is 28.3 Å². The Kier molecular flexibility index (Phi) is 5.84. The first-order chi connectivity index (χ1) is 15.6. The van der Waals surface area contributed by atoms with Crippen LogP contribution in [0.4, 0.5) is 11.4 Å². The molecule has 1 amide bonds. The van der Waals surface area contributed by atoms with Gasteiger partial charge in [-0.3, -0.25) is 4.79 Å². The highest BCUT2D eigenvalue weighted by molar-refractivity contribution is 7.11. The van der Waals surface area contributed by atoms with Gasteiger partial charge in [0.15, 0.2) is 6.61 Å². The smallest absolute Gasteiger partial charge is 0.262 e. The summed E-state index contributed by atoms with van der Waals surface area (Å²) in [6.07, 6.45) is 1.78. The summed E-state index contributed by atoms with van der Waals surface area (Å²) in [7, 11) is 0. The summed E-state index contributed by atoms with van der Waals surface area (Å²) in [4.78, 5) is 18.1. The van der Waals surface area contributed by atoms with Crippen molar-refractivity contribution in [3.63, 3.8) is 0 Å². The van der Waals surface area contributed by atoms with Gasteiger partial charge in [0, 0.05) is 20.8 Å². The number of fused-ring (bicyclic) bond motifs is 1. The summed E-state index contributed by atoms with van der Waals surface area (Å²) >= 11 is 15.4. The summed E-state index contributed by atoms with van der Waals surface area (Å²) in [5.41, 5.74) is 2.89. The molecule has 1 N–H and O–H groups in total. The molecule has 32 heavy (non-hydrogen) atoms. The number of nitrogens with one attached hydrogen (secondary N) is 1. The lowest BCUT2D eigenvalue weighted by molar-refractivity contribution is -0.118. The van der Waals surface area contributed by atoms with Crippen molar-refractivity contribution >= 4 is 69.4 Å². The molecule has 0 unspecified atom stereocenters. The van der Waals surface area contributed by atoms with Gasteiger partial charge in [0.25, 0.3) is 5.91 Å². The number of carbonyl (C=O) groups excluding carboxylic acids is 1. The molecule has 5 rings (SSSR count). The lowest BCUT2D eigenvalue weighted by atomic mass is 10.1. The van der Waals surface area contributed by atoms with Gasteiger partial charge in [-0.05, 0) is 47.8 Å². The van der Waals surface area contributed by atoms with E-state index in [1.54, 1.807) is 40.4 Å². The highest BCUT2D eigenvalue weighted by Gasteiger charge is 2.18. The van der Waals surface area contributed by atoms with Crippen molar-refractivity contribution in [2.24, 2.45) is 10.1 Å². The zero-order chi connectivity index (χ0) is 22.1. The van der Waals surface area contributed by atoms with Gasteiger partial charge in [-0.15, -0.1) is 22.7 Å². The summed E-state index contributed by atoms with van der Waals surface area (Å²) < 4.78 is 7.22. The maximum absolute atomic E-state index is 11.7. The fourth-order valence-corrected chi connectivity index (χ4v) is 4.96. The second-order valence-electron chi connectivity index (χ2n) is 6.73. The highest BCUT2D eigenvalue weighted by Crippen LogP contribution is 2.33. The maximum atomic E-state index is 11.7. The lowest BCUT2D eigenvalue weighted by Crippen LogP contribution is -2.25. The Hall–Kier alpha value is -2.91. The molecular formula is C22H14Cl2N4O2S2. The van der Waals surface area contributed by atoms with Crippen molar-refractivity contribution < 1.29 is 9.53 Å². The molecule has 0 fully saturated rings. The minimum absolute atomic E-state index is 0.0147. The molecule has 0 radical (unpaired) electrons. The Morgan fingerprint density at radius 2 is 2.03 bits per heavy atom. The zero-order valence-corrected chi connectivity index (χ0v) is 19.4. The van der Waals surface area contributed by atoms with Crippen molar-refractivity contribution in [1.29, 1.82) is 0 Å². The van der Waals surface area contributed by atoms with Crippen molar-refractivity contribution in [2.45, 2.75) is 0 Å². The van der Waals surface area contributed by atoms with Crippen LogP contribution in [0.15, 0.2) is 69.4 Å². The fraction of sp³-hybridized carbons (Fsp3) is 0.0455. The number of nitrogens with zero attached hydrogens (tertiary/aromatic N) is 3. The van der Waals surface area contributed by atoms with E-state index < -0.39 is 0 Å². The van der Waals surface area contributed by atoms with Crippen molar-refractivity contribution in [2.75, 3.05) is 11.9 Å². The third-order valence-electron chi connectivity index (χ3n) is 4.56. The number of ether oxygens (including phenoxy) is 1. The number of thiophene rings is 1. The van der Waals surface area contributed by atoms with E-state index in [9.17, 15) is 4.79 Å². The quantitative estimate of drug-likeness (QED) is 0.347. The second kappa shape index (κ2) is 8.91. The third kappa shape index (κ3) is 4.35. The molecule has 2 aromatic heterocycles. The predicted molar refractivity (Wildman–Crippen MR) is 131 cm³/mol. The molecule has 1 aliphatic rings. The first-order valence-corrected chi connectivity index (χ1v) is 11.9. The van der Waals surface area contributed by atoms with Gasteiger partial charge in [0.2, 0.25) is 4.80 Å². The number of thiazole rings is 1. The Balaban J connectivity index is 1.64. The van der Waals surface area contributed by atoms with Crippen LogP contribution < -0.4 is 14.9 Å². The molecule has 3 heterocycles. The summed E-state index contributed by atoms with van der Waals surface area (Å²) in [5, 5.41) is 12.5. The standard InChI is InChI=1S/C22H14Cl2N4O2S2/c23-14-4-5-17(16(24)9-14)27-22-28(25-10-15-2-1-7-31-15)19(12-32-22)13-3-6-20-18(8-13)26-21(29)11-30-20/h1-10,12H,11H2,(H,26,29). The molecule has 4 aromatic rings. The monoisotopic (exact) mass is 500 g/mol. The average molecular weight is 501 g/mol. The van der Waals surface area contributed by atoms with E-state index in [-0.39, 0.29) is 12.5 Å². The number of aromatic nitrogens is 1. The fourth-order valence-electron chi connectivity index (χ4n) is 3.08. The van der Waals surface area contributed by atoms with Crippen molar-refractivity contribution in [1.82, 2.24) is 4.68 Å². The van der Waals surface area contributed by atoms with Crippen LogP contribution in [0.5, 0.6) is 5.75 Å². The van der Waals surface area contributed by atoms with E-state index in [0.717, 1.165) is 16.1 Å².